The van der Waals surface area contributed by atoms with Crippen LogP contribution >= 0.6 is 0 Å². The van der Waals surface area contributed by atoms with Crippen molar-refractivity contribution in [2.75, 3.05) is 19.6 Å². The highest BCUT2D eigenvalue weighted by atomic mass is 16.2. The number of nitrogens with zero attached hydrogens (tertiary/aromatic N) is 1. The second kappa shape index (κ2) is 4.32. The largest absolute Gasteiger partial charge is 0.337 e. The van der Waals surface area contributed by atoms with Crippen molar-refractivity contribution in [3.63, 3.8) is 0 Å². The van der Waals surface area contributed by atoms with Gasteiger partial charge in [-0.3, -0.25) is 4.79 Å². The molecule has 1 spiro atoms. The van der Waals surface area contributed by atoms with Crippen molar-refractivity contribution in [3.05, 3.63) is 35.4 Å². The van der Waals surface area contributed by atoms with Crippen LogP contribution in [-0.2, 0) is 16.6 Å². The Hall–Kier alpha value is -1.35. The number of carbonyl (C=O) groups is 1. The van der Waals surface area contributed by atoms with E-state index in [0.717, 1.165) is 32.5 Å². The second-order valence-electron chi connectivity index (χ2n) is 6.65. The van der Waals surface area contributed by atoms with Crippen molar-refractivity contribution in [2.24, 2.45) is 5.92 Å². The van der Waals surface area contributed by atoms with E-state index in [4.69, 9.17) is 0 Å². The average Bonchev–Trinajstić information content (AvgIpc) is 3.09. The molecule has 0 bridgehead atoms. The number of nitrogens with one attached hydrogen (secondary N) is 1. The molecule has 3 heteroatoms. The van der Waals surface area contributed by atoms with Crippen LogP contribution in [0, 0.1) is 5.92 Å². The summed E-state index contributed by atoms with van der Waals surface area (Å²) < 4.78 is 0. The lowest BCUT2D eigenvalue weighted by Gasteiger charge is -2.34. The average molecular weight is 270 g/mol. The number of aryl methyl sites for hydroxylation is 1. The van der Waals surface area contributed by atoms with Crippen LogP contribution in [0.1, 0.15) is 30.9 Å². The maximum absolute atomic E-state index is 12.8. The highest BCUT2D eigenvalue weighted by molar-refractivity contribution is 5.85. The zero-order valence-electron chi connectivity index (χ0n) is 12.1. The lowest BCUT2D eigenvalue weighted by Crippen LogP contribution is -2.53. The molecular weight excluding hydrogens is 248 g/mol. The summed E-state index contributed by atoms with van der Waals surface area (Å²) in [5.41, 5.74) is 3.12. The molecule has 1 aromatic rings. The highest BCUT2D eigenvalue weighted by Crippen LogP contribution is 2.62. The van der Waals surface area contributed by atoms with Crippen molar-refractivity contribution >= 4 is 5.91 Å². The minimum Gasteiger partial charge on any atom is -0.337 e. The second-order valence-corrected chi connectivity index (χ2v) is 6.65. The van der Waals surface area contributed by atoms with Gasteiger partial charge in [-0.25, -0.2) is 0 Å². The van der Waals surface area contributed by atoms with Crippen LogP contribution in [0.15, 0.2) is 24.3 Å². The number of hydrogen-bond acceptors (Lipinski definition) is 2. The van der Waals surface area contributed by atoms with E-state index in [-0.39, 0.29) is 11.3 Å². The van der Waals surface area contributed by atoms with E-state index in [1.54, 1.807) is 0 Å². The fourth-order valence-electron chi connectivity index (χ4n) is 4.29. The standard InChI is InChI=1S/C17H22N2O/c1-12-11-18-8-9-19(12)16(20)15-10-17(15)7-6-13-4-2-3-5-14(13)17/h2-5,12,15,18H,6-11H2,1H3/t12-,15?,17?/m0/s1. The van der Waals surface area contributed by atoms with E-state index in [2.05, 4.69) is 41.4 Å². The highest BCUT2D eigenvalue weighted by Gasteiger charge is 2.62. The summed E-state index contributed by atoms with van der Waals surface area (Å²) in [4.78, 5) is 14.9. The summed E-state index contributed by atoms with van der Waals surface area (Å²) in [5, 5.41) is 3.36. The lowest BCUT2D eigenvalue weighted by atomic mass is 9.94. The van der Waals surface area contributed by atoms with Gasteiger partial charge in [-0.1, -0.05) is 24.3 Å². The van der Waals surface area contributed by atoms with Crippen LogP contribution in [0.3, 0.4) is 0 Å². The van der Waals surface area contributed by atoms with Crippen LogP contribution < -0.4 is 5.32 Å². The quantitative estimate of drug-likeness (QED) is 0.842. The molecule has 1 saturated carbocycles. The maximum Gasteiger partial charge on any atom is 0.226 e. The minimum absolute atomic E-state index is 0.193. The van der Waals surface area contributed by atoms with Crippen molar-refractivity contribution in [1.29, 1.82) is 0 Å². The number of benzene rings is 1. The van der Waals surface area contributed by atoms with Gasteiger partial charge in [0.2, 0.25) is 5.91 Å². The predicted octanol–water partition coefficient (Wildman–Crippen LogP) is 1.71. The van der Waals surface area contributed by atoms with E-state index in [0.29, 0.717) is 11.9 Å². The Labute approximate surface area is 120 Å². The Kier molecular flexibility index (Phi) is 2.68. The molecule has 1 amide bonds. The molecule has 4 rings (SSSR count). The minimum atomic E-state index is 0.193. The molecule has 1 saturated heterocycles. The number of fused-ring (bicyclic) bond motifs is 2. The molecule has 20 heavy (non-hydrogen) atoms. The summed E-state index contributed by atoms with van der Waals surface area (Å²) in [6, 6.07) is 9.06. The SMILES string of the molecule is C[C@H]1CNCCN1C(=O)C1CC12CCc1ccccc12. The van der Waals surface area contributed by atoms with E-state index in [9.17, 15) is 4.79 Å². The molecule has 0 aromatic heterocycles. The number of rotatable bonds is 1. The van der Waals surface area contributed by atoms with E-state index in [1.807, 2.05) is 0 Å². The third-order valence-corrected chi connectivity index (χ3v) is 5.55. The fraction of sp³-hybridized carbons (Fsp3) is 0.588. The summed E-state index contributed by atoms with van der Waals surface area (Å²) >= 11 is 0. The Morgan fingerprint density at radius 2 is 2.25 bits per heavy atom. The van der Waals surface area contributed by atoms with Crippen molar-refractivity contribution < 1.29 is 4.79 Å². The van der Waals surface area contributed by atoms with Gasteiger partial charge in [-0.15, -0.1) is 0 Å². The van der Waals surface area contributed by atoms with Crippen LogP contribution in [-0.4, -0.2) is 36.5 Å². The van der Waals surface area contributed by atoms with Gasteiger partial charge >= 0.3 is 0 Å². The molecule has 0 radical (unpaired) electrons. The van der Waals surface area contributed by atoms with Gasteiger partial charge < -0.3 is 10.2 Å². The molecule has 1 aliphatic heterocycles. The van der Waals surface area contributed by atoms with Crippen LogP contribution in [0.2, 0.25) is 0 Å². The first-order valence-electron chi connectivity index (χ1n) is 7.82. The lowest BCUT2D eigenvalue weighted by molar-refractivity contribution is -0.135. The molecule has 1 aromatic carbocycles. The molecule has 3 nitrogen and oxygen atoms in total. The summed E-state index contributed by atoms with van der Waals surface area (Å²) in [6.45, 7) is 4.89. The molecule has 2 fully saturated rings. The predicted molar refractivity (Wildman–Crippen MR) is 78.6 cm³/mol. The van der Waals surface area contributed by atoms with Crippen LogP contribution in [0.5, 0.6) is 0 Å². The number of piperazine rings is 1. The molecule has 3 aliphatic rings. The fourth-order valence-corrected chi connectivity index (χ4v) is 4.29. The van der Waals surface area contributed by atoms with Gasteiger partial charge in [0.1, 0.15) is 0 Å². The molecular formula is C17H22N2O. The number of carbonyl (C=O) groups excluding carboxylic acids is 1. The van der Waals surface area contributed by atoms with Crippen molar-refractivity contribution in [2.45, 2.75) is 37.6 Å². The first kappa shape index (κ1) is 12.4. The third kappa shape index (κ3) is 1.65. The van der Waals surface area contributed by atoms with E-state index in [1.165, 1.54) is 17.5 Å². The van der Waals surface area contributed by atoms with Crippen LogP contribution in [0.4, 0.5) is 0 Å². The maximum atomic E-state index is 12.8. The molecule has 1 N–H and O–H groups in total. The van der Waals surface area contributed by atoms with Gasteiger partial charge in [-0.05, 0) is 37.3 Å². The normalized spacial score (nSPS) is 35.1. The first-order valence-corrected chi connectivity index (χ1v) is 7.82. The molecule has 3 atom stereocenters. The van der Waals surface area contributed by atoms with Gasteiger partial charge in [-0.2, -0.15) is 0 Å². The Morgan fingerprint density at radius 3 is 3.10 bits per heavy atom. The molecule has 2 unspecified atom stereocenters. The Bertz CT molecular complexity index is 556. The first-order chi connectivity index (χ1) is 9.72. The van der Waals surface area contributed by atoms with Crippen LogP contribution in [0.25, 0.3) is 0 Å². The molecule has 106 valence electrons. The van der Waals surface area contributed by atoms with E-state index >= 15 is 0 Å². The smallest absolute Gasteiger partial charge is 0.226 e. The monoisotopic (exact) mass is 270 g/mol. The van der Waals surface area contributed by atoms with Crippen molar-refractivity contribution in [1.82, 2.24) is 10.2 Å². The topological polar surface area (TPSA) is 32.3 Å². The molecule has 2 aliphatic carbocycles. The molecule has 1 heterocycles. The summed E-state index contributed by atoms with van der Waals surface area (Å²) in [6.07, 6.45) is 3.39. The zero-order valence-corrected chi connectivity index (χ0v) is 12.1. The summed E-state index contributed by atoms with van der Waals surface area (Å²) in [5.74, 6) is 0.641. The van der Waals surface area contributed by atoms with Gasteiger partial charge in [0.25, 0.3) is 0 Å². The Balaban J connectivity index is 1.57. The Morgan fingerprint density at radius 1 is 1.40 bits per heavy atom. The zero-order chi connectivity index (χ0) is 13.7. The number of amides is 1. The third-order valence-electron chi connectivity index (χ3n) is 5.55. The van der Waals surface area contributed by atoms with E-state index < -0.39 is 0 Å². The summed E-state index contributed by atoms with van der Waals surface area (Å²) in [7, 11) is 0. The van der Waals surface area contributed by atoms with Gasteiger partial charge in [0, 0.05) is 37.0 Å². The van der Waals surface area contributed by atoms with Gasteiger partial charge in [0.15, 0.2) is 0 Å². The van der Waals surface area contributed by atoms with Crippen molar-refractivity contribution in [3.8, 4) is 0 Å². The number of hydrogen-bond donors (Lipinski definition) is 1. The van der Waals surface area contributed by atoms with Gasteiger partial charge in [0.05, 0.1) is 0 Å².